The topological polar surface area (TPSA) is 78.7 Å². The van der Waals surface area contributed by atoms with Crippen molar-refractivity contribution in [1.29, 1.82) is 0 Å². The maximum atomic E-state index is 12.0. The van der Waals surface area contributed by atoms with Gasteiger partial charge in [0.05, 0.1) is 6.21 Å². The summed E-state index contributed by atoms with van der Waals surface area (Å²) in [5.74, 6) is 0.229. The number of urea groups is 1. The van der Waals surface area contributed by atoms with E-state index in [4.69, 9.17) is 0 Å². The van der Waals surface area contributed by atoms with Gasteiger partial charge < -0.3 is 15.0 Å². The van der Waals surface area contributed by atoms with Gasteiger partial charge in [-0.15, -0.1) is 0 Å². The van der Waals surface area contributed by atoms with Gasteiger partial charge in [-0.2, -0.15) is 5.10 Å². The SMILES string of the molecule is Cc1ccccc1NC(=O)NN=Cc1cc(C)n(-c2ccc(O)cc2)c1C. The molecule has 6 heteroatoms. The van der Waals surface area contributed by atoms with Crippen LogP contribution in [0.5, 0.6) is 5.75 Å². The van der Waals surface area contributed by atoms with Crippen LogP contribution in [-0.4, -0.2) is 21.9 Å². The molecule has 0 saturated heterocycles. The molecule has 1 heterocycles. The Bertz CT molecular complexity index is 988. The number of carbonyl (C=O) groups excluding carboxylic acids is 1. The normalized spacial score (nSPS) is 10.9. The number of benzene rings is 2. The molecule has 1 aromatic heterocycles. The van der Waals surface area contributed by atoms with Gasteiger partial charge in [0.2, 0.25) is 0 Å². The third-order valence-electron chi connectivity index (χ3n) is 4.34. The van der Waals surface area contributed by atoms with Crippen molar-refractivity contribution in [3.63, 3.8) is 0 Å². The number of anilines is 1. The Kier molecular flexibility index (Phi) is 5.26. The van der Waals surface area contributed by atoms with Gasteiger partial charge in [-0.3, -0.25) is 0 Å². The van der Waals surface area contributed by atoms with Crippen molar-refractivity contribution < 1.29 is 9.90 Å². The molecule has 27 heavy (non-hydrogen) atoms. The average molecular weight is 362 g/mol. The third kappa shape index (κ3) is 4.17. The molecule has 3 rings (SSSR count). The van der Waals surface area contributed by atoms with Crippen LogP contribution < -0.4 is 10.7 Å². The highest BCUT2D eigenvalue weighted by Crippen LogP contribution is 2.21. The van der Waals surface area contributed by atoms with Crippen LogP contribution in [0.1, 0.15) is 22.5 Å². The number of amides is 2. The van der Waals surface area contributed by atoms with Gasteiger partial charge in [0, 0.05) is 28.3 Å². The first kappa shape index (κ1) is 18.3. The second-order valence-electron chi connectivity index (χ2n) is 6.32. The number of hydrogen-bond acceptors (Lipinski definition) is 3. The summed E-state index contributed by atoms with van der Waals surface area (Å²) in [6.07, 6.45) is 1.62. The maximum absolute atomic E-state index is 12.0. The zero-order valence-corrected chi connectivity index (χ0v) is 15.5. The fraction of sp³-hybridized carbons (Fsp3) is 0.143. The number of aromatic nitrogens is 1. The van der Waals surface area contributed by atoms with Crippen LogP contribution in [0.3, 0.4) is 0 Å². The summed E-state index contributed by atoms with van der Waals surface area (Å²) in [5, 5.41) is 16.3. The van der Waals surface area contributed by atoms with Crippen molar-refractivity contribution in [2.45, 2.75) is 20.8 Å². The van der Waals surface area contributed by atoms with E-state index < -0.39 is 6.03 Å². The van der Waals surface area contributed by atoms with Crippen LogP contribution >= 0.6 is 0 Å². The van der Waals surface area contributed by atoms with Crippen molar-refractivity contribution in [2.75, 3.05) is 5.32 Å². The van der Waals surface area contributed by atoms with Crippen LogP contribution in [-0.2, 0) is 0 Å². The van der Waals surface area contributed by atoms with E-state index in [1.54, 1.807) is 18.3 Å². The highest BCUT2D eigenvalue weighted by molar-refractivity contribution is 5.91. The van der Waals surface area contributed by atoms with Gasteiger partial charge in [0.25, 0.3) is 0 Å². The molecule has 138 valence electrons. The van der Waals surface area contributed by atoms with Crippen LogP contribution in [0.15, 0.2) is 59.7 Å². The number of nitrogens with zero attached hydrogens (tertiary/aromatic N) is 2. The van der Waals surface area contributed by atoms with E-state index in [1.807, 2.05) is 63.2 Å². The summed E-state index contributed by atoms with van der Waals surface area (Å²) in [6.45, 7) is 5.90. The highest BCUT2D eigenvalue weighted by atomic mass is 16.3. The number of phenols is 1. The average Bonchev–Trinajstić information content (AvgIpc) is 2.92. The van der Waals surface area contributed by atoms with Crippen LogP contribution in [0.25, 0.3) is 5.69 Å². The summed E-state index contributed by atoms with van der Waals surface area (Å²) in [7, 11) is 0. The van der Waals surface area contributed by atoms with Crippen molar-refractivity contribution in [2.24, 2.45) is 5.10 Å². The third-order valence-corrected chi connectivity index (χ3v) is 4.34. The Labute approximate surface area is 158 Å². The molecule has 3 aromatic rings. The van der Waals surface area contributed by atoms with E-state index in [1.165, 1.54) is 0 Å². The minimum Gasteiger partial charge on any atom is -0.508 e. The number of carbonyl (C=O) groups is 1. The van der Waals surface area contributed by atoms with E-state index in [0.29, 0.717) is 0 Å². The molecular formula is C21H22N4O2. The first-order valence-corrected chi connectivity index (χ1v) is 8.60. The lowest BCUT2D eigenvalue weighted by atomic mass is 10.2. The largest absolute Gasteiger partial charge is 0.508 e. The lowest BCUT2D eigenvalue weighted by Crippen LogP contribution is -2.24. The second-order valence-corrected chi connectivity index (χ2v) is 6.32. The summed E-state index contributed by atoms with van der Waals surface area (Å²) in [6, 6.07) is 16.2. The molecule has 0 fully saturated rings. The van der Waals surface area contributed by atoms with Gasteiger partial charge in [-0.1, -0.05) is 18.2 Å². The van der Waals surface area contributed by atoms with E-state index in [9.17, 15) is 9.90 Å². The Morgan fingerprint density at radius 3 is 2.48 bits per heavy atom. The number of para-hydroxylation sites is 1. The van der Waals surface area contributed by atoms with E-state index in [-0.39, 0.29) is 5.75 Å². The quantitative estimate of drug-likeness (QED) is 0.479. The van der Waals surface area contributed by atoms with Gasteiger partial charge >= 0.3 is 6.03 Å². The molecule has 3 N–H and O–H groups in total. The zero-order valence-electron chi connectivity index (χ0n) is 15.5. The number of nitrogens with one attached hydrogen (secondary N) is 2. The van der Waals surface area contributed by atoms with Crippen molar-refractivity contribution >= 4 is 17.9 Å². The summed E-state index contributed by atoms with van der Waals surface area (Å²) >= 11 is 0. The molecule has 2 aromatic carbocycles. The standard InChI is InChI=1S/C21H22N4O2/c1-14-6-4-5-7-20(14)23-21(27)24-22-13-17-12-15(2)25(16(17)3)18-8-10-19(26)11-9-18/h4-13,26H,1-3H3,(H2,23,24,27). The van der Waals surface area contributed by atoms with Gasteiger partial charge in [-0.25, -0.2) is 10.2 Å². The number of hydrazone groups is 1. The lowest BCUT2D eigenvalue weighted by Gasteiger charge is -2.09. The monoisotopic (exact) mass is 362 g/mol. The van der Waals surface area contributed by atoms with Crippen LogP contribution in [0.4, 0.5) is 10.5 Å². The highest BCUT2D eigenvalue weighted by Gasteiger charge is 2.09. The molecular weight excluding hydrogens is 340 g/mol. The van der Waals surface area contributed by atoms with Crippen LogP contribution in [0.2, 0.25) is 0 Å². The smallest absolute Gasteiger partial charge is 0.339 e. The number of aryl methyl sites for hydroxylation is 2. The lowest BCUT2D eigenvalue weighted by molar-refractivity contribution is 0.252. The first-order chi connectivity index (χ1) is 13.0. The molecule has 0 saturated carbocycles. The fourth-order valence-electron chi connectivity index (χ4n) is 2.94. The minimum atomic E-state index is -0.395. The molecule has 0 atom stereocenters. The number of aromatic hydroxyl groups is 1. The second kappa shape index (κ2) is 7.78. The summed E-state index contributed by atoms with van der Waals surface area (Å²) < 4.78 is 2.06. The number of rotatable bonds is 4. The van der Waals surface area contributed by atoms with Crippen molar-refractivity contribution in [3.8, 4) is 11.4 Å². The Morgan fingerprint density at radius 2 is 1.78 bits per heavy atom. The molecule has 0 bridgehead atoms. The van der Waals surface area contributed by atoms with E-state index in [2.05, 4.69) is 20.4 Å². The maximum Gasteiger partial charge on any atom is 0.339 e. The van der Waals surface area contributed by atoms with Gasteiger partial charge in [0.1, 0.15) is 5.75 Å². The van der Waals surface area contributed by atoms with E-state index in [0.717, 1.165) is 33.9 Å². The van der Waals surface area contributed by atoms with Crippen LogP contribution in [0, 0.1) is 20.8 Å². The van der Waals surface area contributed by atoms with Gasteiger partial charge in [0.15, 0.2) is 0 Å². The molecule has 0 aliphatic rings. The predicted molar refractivity (Wildman–Crippen MR) is 108 cm³/mol. The van der Waals surface area contributed by atoms with E-state index >= 15 is 0 Å². The molecule has 0 spiro atoms. The molecule has 0 aliphatic heterocycles. The minimum absolute atomic E-state index is 0.229. The van der Waals surface area contributed by atoms with Crippen molar-refractivity contribution in [1.82, 2.24) is 9.99 Å². The molecule has 0 unspecified atom stereocenters. The Hall–Kier alpha value is -3.54. The zero-order chi connectivity index (χ0) is 19.4. The van der Waals surface area contributed by atoms with Crippen molar-refractivity contribution in [3.05, 3.63) is 77.1 Å². The molecule has 0 radical (unpaired) electrons. The fourth-order valence-corrected chi connectivity index (χ4v) is 2.94. The summed E-state index contributed by atoms with van der Waals surface area (Å²) in [5.41, 5.74) is 8.09. The predicted octanol–water partition coefficient (Wildman–Crippen LogP) is 4.26. The number of hydrogen-bond donors (Lipinski definition) is 3. The summed E-state index contributed by atoms with van der Waals surface area (Å²) in [4.78, 5) is 12.0. The first-order valence-electron chi connectivity index (χ1n) is 8.60. The van der Waals surface area contributed by atoms with Gasteiger partial charge in [-0.05, 0) is 62.7 Å². The Balaban J connectivity index is 1.71. The molecule has 0 aliphatic carbocycles. The molecule has 2 amide bonds. The number of phenolic OH excluding ortho intramolecular Hbond substituents is 1. The molecule has 6 nitrogen and oxygen atoms in total. The Morgan fingerprint density at radius 1 is 1.07 bits per heavy atom.